The summed E-state index contributed by atoms with van der Waals surface area (Å²) in [5.41, 5.74) is 4.58. The van der Waals surface area contributed by atoms with E-state index in [2.05, 4.69) is 0 Å². The molecule has 0 aromatic heterocycles. The molecule has 25 heavy (non-hydrogen) atoms. The van der Waals surface area contributed by atoms with Crippen LogP contribution in [0.1, 0.15) is 29.0 Å². The standard InChI is InChI=1S/C19H21ClFNO3/c1-12-9-15(20)6-3-14(12)10-17(13-4-7-16(21)8-5-13)18(25-2)11-19(23)22-24/h3-9,17-18,24H,10-11H2,1-2H3,(H,22,23)/t17-,18?/m1/s1. The summed E-state index contributed by atoms with van der Waals surface area (Å²) in [5.74, 6) is -1.05. The van der Waals surface area contributed by atoms with E-state index < -0.39 is 12.0 Å². The lowest BCUT2D eigenvalue weighted by atomic mass is 9.84. The zero-order valence-electron chi connectivity index (χ0n) is 14.1. The van der Waals surface area contributed by atoms with Crippen LogP contribution in [0.4, 0.5) is 4.39 Å². The summed E-state index contributed by atoms with van der Waals surface area (Å²) >= 11 is 6.02. The summed E-state index contributed by atoms with van der Waals surface area (Å²) in [7, 11) is 1.51. The lowest BCUT2D eigenvalue weighted by Gasteiger charge is -2.27. The molecule has 2 rings (SSSR count). The number of hydroxylamine groups is 1. The normalized spacial score (nSPS) is 13.3. The Morgan fingerprint density at radius 1 is 1.28 bits per heavy atom. The van der Waals surface area contributed by atoms with Gasteiger partial charge in [-0.05, 0) is 54.3 Å². The first kappa shape index (κ1) is 19.4. The van der Waals surface area contributed by atoms with Crippen molar-refractivity contribution in [2.45, 2.75) is 31.8 Å². The number of aryl methyl sites for hydroxylation is 1. The lowest BCUT2D eigenvalue weighted by Crippen LogP contribution is -2.31. The number of nitrogens with one attached hydrogen (secondary N) is 1. The molecule has 6 heteroatoms. The Kier molecular flexibility index (Phi) is 6.93. The van der Waals surface area contributed by atoms with E-state index in [1.807, 2.05) is 25.1 Å². The van der Waals surface area contributed by atoms with Crippen LogP contribution in [-0.2, 0) is 16.0 Å². The largest absolute Gasteiger partial charge is 0.380 e. The van der Waals surface area contributed by atoms with E-state index in [4.69, 9.17) is 21.5 Å². The third-order valence-electron chi connectivity index (χ3n) is 4.31. The molecule has 2 N–H and O–H groups in total. The number of benzene rings is 2. The number of halogens is 2. The topological polar surface area (TPSA) is 58.6 Å². The summed E-state index contributed by atoms with van der Waals surface area (Å²) in [5, 5.41) is 9.47. The number of methoxy groups -OCH3 is 1. The summed E-state index contributed by atoms with van der Waals surface area (Å²) in [6.45, 7) is 1.96. The van der Waals surface area contributed by atoms with Gasteiger partial charge in [-0.25, -0.2) is 9.87 Å². The van der Waals surface area contributed by atoms with Gasteiger partial charge in [0.05, 0.1) is 12.5 Å². The molecule has 1 amide bonds. The van der Waals surface area contributed by atoms with E-state index in [0.29, 0.717) is 11.4 Å². The summed E-state index contributed by atoms with van der Waals surface area (Å²) in [6.07, 6.45) is 0.0979. The molecule has 0 bridgehead atoms. The molecular weight excluding hydrogens is 345 g/mol. The molecule has 134 valence electrons. The molecule has 4 nitrogen and oxygen atoms in total. The predicted octanol–water partition coefficient (Wildman–Crippen LogP) is 4.02. The highest BCUT2D eigenvalue weighted by Crippen LogP contribution is 2.30. The Hall–Kier alpha value is -1.95. The number of carbonyl (C=O) groups excluding carboxylic acids is 1. The fourth-order valence-electron chi connectivity index (χ4n) is 2.92. The van der Waals surface area contributed by atoms with Crippen molar-refractivity contribution in [2.75, 3.05) is 7.11 Å². The number of amides is 1. The summed E-state index contributed by atoms with van der Waals surface area (Å²) < 4.78 is 18.8. The van der Waals surface area contributed by atoms with Crippen LogP contribution in [0.2, 0.25) is 5.02 Å². The van der Waals surface area contributed by atoms with E-state index in [9.17, 15) is 9.18 Å². The van der Waals surface area contributed by atoms with E-state index in [0.717, 1.165) is 16.7 Å². The fourth-order valence-corrected chi connectivity index (χ4v) is 3.14. The predicted molar refractivity (Wildman–Crippen MR) is 94.4 cm³/mol. The van der Waals surface area contributed by atoms with Crippen LogP contribution in [0.25, 0.3) is 0 Å². The van der Waals surface area contributed by atoms with Crippen LogP contribution >= 0.6 is 11.6 Å². The first-order valence-corrected chi connectivity index (χ1v) is 8.28. The highest BCUT2D eigenvalue weighted by Gasteiger charge is 2.26. The van der Waals surface area contributed by atoms with Gasteiger partial charge in [0.1, 0.15) is 5.82 Å². The fraction of sp³-hybridized carbons (Fsp3) is 0.316. The Labute approximate surface area is 151 Å². The van der Waals surface area contributed by atoms with Crippen LogP contribution in [-0.4, -0.2) is 24.3 Å². The molecule has 0 radical (unpaired) electrons. The second-order valence-electron chi connectivity index (χ2n) is 5.95. The van der Waals surface area contributed by atoms with Crippen LogP contribution < -0.4 is 5.48 Å². The van der Waals surface area contributed by atoms with E-state index in [-0.39, 0.29) is 18.2 Å². The second kappa shape index (κ2) is 8.94. The maximum Gasteiger partial charge on any atom is 0.245 e. The molecule has 2 atom stereocenters. The highest BCUT2D eigenvalue weighted by atomic mass is 35.5. The molecule has 1 unspecified atom stereocenters. The third kappa shape index (κ3) is 5.26. The zero-order valence-corrected chi connectivity index (χ0v) is 14.9. The number of hydrogen-bond donors (Lipinski definition) is 2. The number of ether oxygens (including phenoxy) is 1. The molecule has 2 aromatic carbocycles. The first-order chi connectivity index (χ1) is 11.9. The smallest absolute Gasteiger partial charge is 0.245 e. The van der Waals surface area contributed by atoms with Crippen LogP contribution in [0.15, 0.2) is 42.5 Å². The van der Waals surface area contributed by atoms with Gasteiger partial charge in [0.25, 0.3) is 0 Å². The van der Waals surface area contributed by atoms with Gasteiger partial charge >= 0.3 is 0 Å². The lowest BCUT2D eigenvalue weighted by molar-refractivity contribution is -0.132. The van der Waals surface area contributed by atoms with Crippen molar-refractivity contribution in [1.29, 1.82) is 0 Å². The van der Waals surface area contributed by atoms with Gasteiger partial charge in [-0.2, -0.15) is 0 Å². The maximum absolute atomic E-state index is 13.3. The third-order valence-corrected chi connectivity index (χ3v) is 4.54. The van der Waals surface area contributed by atoms with E-state index in [1.165, 1.54) is 19.2 Å². The van der Waals surface area contributed by atoms with Gasteiger partial charge in [-0.15, -0.1) is 0 Å². The van der Waals surface area contributed by atoms with Gasteiger partial charge in [-0.1, -0.05) is 29.8 Å². The van der Waals surface area contributed by atoms with E-state index in [1.54, 1.807) is 17.6 Å². The van der Waals surface area contributed by atoms with Crippen LogP contribution in [0.5, 0.6) is 0 Å². The average molecular weight is 366 g/mol. The van der Waals surface area contributed by atoms with Gasteiger partial charge in [0.15, 0.2) is 0 Å². The van der Waals surface area contributed by atoms with Crippen molar-refractivity contribution in [2.24, 2.45) is 0 Å². The van der Waals surface area contributed by atoms with Crippen molar-refractivity contribution in [3.05, 3.63) is 70.0 Å². The van der Waals surface area contributed by atoms with E-state index >= 15 is 0 Å². The van der Waals surface area contributed by atoms with Gasteiger partial charge in [-0.3, -0.25) is 10.0 Å². The Morgan fingerprint density at radius 3 is 2.52 bits per heavy atom. The van der Waals surface area contributed by atoms with Crippen LogP contribution in [0.3, 0.4) is 0 Å². The number of hydrogen-bond acceptors (Lipinski definition) is 3. The Morgan fingerprint density at radius 2 is 1.96 bits per heavy atom. The molecule has 0 fully saturated rings. The molecule has 0 aliphatic heterocycles. The monoisotopic (exact) mass is 365 g/mol. The summed E-state index contributed by atoms with van der Waals surface area (Å²) in [6, 6.07) is 11.8. The van der Waals surface area contributed by atoms with Crippen molar-refractivity contribution < 1.29 is 19.1 Å². The minimum Gasteiger partial charge on any atom is -0.380 e. The van der Waals surface area contributed by atoms with Crippen molar-refractivity contribution in [3.63, 3.8) is 0 Å². The maximum atomic E-state index is 13.3. The van der Waals surface area contributed by atoms with Crippen molar-refractivity contribution >= 4 is 17.5 Å². The SMILES string of the molecule is COC(CC(=O)NO)[C@H](Cc1ccc(Cl)cc1C)c1ccc(F)cc1. The molecule has 0 saturated carbocycles. The van der Waals surface area contributed by atoms with Gasteiger partial charge < -0.3 is 4.74 Å². The number of carbonyl (C=O) groups is 1. The van der Waals surface area contributed by atoms with Gasteiger partial charge in [0.2, 0.25) is 5.91 Å². The average Bonchev–Trinajstić information content (AvgIpc) is 2.60. The number of rotatable bonds is 7. The quantitative estimate of drug-likeness (QED) is 0.575. The second-order valence-corrected chi connectivity index (χ2v) is 6.38. The molecule has 0 saturated heterocycles. The van der Waals surface area contributed by atoms with Crippen molar-refractivity contribution in [3.8, 4) is 0 Å². The molecule has 2 aromatic rings. The molecule has 0 aliphatic rings. The highest BCUT2D eigenvalue weighted by molar-refractivity contribution is 6.30. The van der Waals surface area contributed by atoms with Crippen LogP contribution in [0, 0.1) is 12.7 Å². The molecular formula is C19H21ClFNO3. The summed E-state index contributed by atoms with van der Waals surface area (Å²) in [4.78, 5) is 11.6. The molecule has 0 heterocycles. The van der Waals surface area contributed by atoms with Crippen molar-refractivity contribution in [1.82, 2.24) is 5.48 Å². The zero-order chi connectivity index (χ0) is 18.4. The minimum absolute atomic E-state index is 0.0122. The first-order valence-electron chi connectivity index (χ1n) is 7.90. The Balaban J connectivity index is 2.36. The molecule has 0 spiro atoms. The minimum atomic E-state index is -0.535. The van der Waals surface area contributed by atoms with Gasteiger partial charge in [0, 0.05) is 18.1 Å². The Bertz CT molecular complexity index is 721. The molecule has 0 aliphatic carbocycles.